The average Bonchev–Trinajstić information content (AvgIpc) is 3.30. The topological polar surface area (TPSA) is 88.6 Å². The minimum atomic E-state index is -0.378. The number of carbonyl (C=O) groups is 2. The molecule has 0 unspecified atom stereocenters. The van der Waals surface area contributed by atoms with Crippen LogP contribution in [0.3, 0.4) is 0 Å². The maximum absolute atomic E-state index is 12.3. The van der Waals surface area contributed by atoms with Gasteiger partial charge < -0.3 is 19.1 Å². The Hall–Kier alpha value is -3.09. The summed E-state index contributed by atoms with van der Waals surface area (Å²) in [5.74, 6) is 0.664. The monoisotopic (exact) mass is 339 g/mol. The number of anilines is 1. The number of rotatable bonds is 4. The van der Waals surface area contributed by atoms with Gasteiger partial charge in [-0.2, -0.15) is 0 Å². The quantitative estimate of drug-likeness (QED) is 0.788. The second-order valence-electron chi connectivity index (χ2n) is 6.09. The summed E-state index contributed by atoms with van der Waals surface area (Å²) >= 11 is 0. The average molecular weight is 339 g/mol. The number of hydrogen-bond acceptors (Lipinski definition) is 5. The van der Waals surface area contributed by atoms with Crippen LogP contribution in [0.1, 0.15) is 18.1 Å². The number of aryl methyl sites for hydroxylation is 1. The molecule has 7 nitrogen and oxygen atoms in total. The van der Waals surface area contributed by atoms with Crippen LogP contribution in [-0.2, 0) is 16.1 Å². The molecule has 0 aliphatic carbocycles. The van der Waals surface area contributed by atoms with Crippen LogP contribution in [0.4, 0.5) is 5.69 Å². The van der Waals surface area contributed by atoms with Gasteiger partial charge in [-0.1, -0.05) is 0 Å². The van der Waals surface area contributed by atoms with E-state index in [1.165, 1.54) is 0 Å². The summed E-state index contributed by atoms with van der Waals surface area (Å²) in [7, 11) is 0. The molecular formula is C18H17N3O4. The smallest absolute Gasteiger partial charge is 0.227 e. The molecule has 4 rings (SSSR count). The fourth-order valence-electron chi connectivity index (χ4n) is 3.06. The zero-order chi connectivity index (χ0) is 17.4. The van der Waals surface area contributed by atoms with E-state index in [1.807, 2.05) is 12.1 Å². The largest absolute Gasteiger partial charge is 0.467 e. The molecule has 0 radical (unpaired) electrons. The molecule has 1 saturated heterocycles. The summed E-state index contributed by atoms with van der Waals surface area (Å²) in [5, 5.41) is 2.81. The van der Waals surface area contributed by atoms with Crippen LogP contribution in [0.25, 0.3) is 11.1 Å². The van der Waals surface area contributed by atoms with Crippen LogP contribution in [0.15, 0.2) is 45.4 Å². The van der Waals surface area contributed by atoms with Crippen LogP contribution < -0.4 is 10.2 Å². The van der Waals surface area contributed by atoms with E-state index in [-0.39, 0.29) is 24.2 Å². The summed E-state index contributed by atoms with van der Waals surface area (Å²) in [6, 6.07) is 8.98. The Kier molecular flexibility index (Phi) is 3.76. The summed E-state index contributed by atoms with van der Waals surface area (Å²) in [5.41, 5.74) is 2.11. The second kappa shape index (κ2) is 6.08. The number of amides is 2. The van der Waals surface area contributed by atoms with Crippen molar-refractivity contribution in [1.82, 2.24) is 10.3 Å². The van der Waals surface area contributed by atoms with Crippen molar-refractivity contribution in [2.45, 2.75) is 19.9 Å². The highest BCUT2D eigenvalue weighted by Gasteiger charge is 2.35. The lowest BCUT2D eigenvalue weighted by molar-refractivity contribution is -0.126. The second-order valence-corrected chi connectivity index (χ2v) is 6.09. The van der Waals surface area contributed by atoms with Crippen molar-refractivity contribution in [3.05, 3.63) is 48.2 Å². The molecule has 7 heteroatoms. The molecule has 128 valence electrons. The first-order chi connectivity index (χ1) is 12.1. The van der Waals surface area contributed by atoms with E-state index in [4.69, 9.17) is 8.83 Å². The normalized spacial score (nSPS) is 17.4. The summed E-state index contributed by atoms with van der Waals surface area (Å²) < 4.78 is 10.6. The highest BCUT2D eigenvalue weighted by Crippen LogP contribution is 2.28. The Balaban J connectivity index is 1.46. The highest BCUT2D eigenvalue weighted by atomic mass is 16.3. The number of fused-ring (bicyclic) bond motifs is 1. The van der Waals surface area contributed by atoms with Crippen molar-refractivity contribution in [3.8, 4) is 0 Å². The van der Waals surface area contributed by atoms with Crippen LogP contribution in [0, 0.1) is 12.8 Å². The fourth-order valence-corrected chi connectivity index (χ4v) is 3.06. The molecule has 1 fully saturated rings. The molecule has 1 N–H and O–H groups in total. The summed E-state index contributed by atoms with van der Waals surface area (Å²) in [4.78, 5) is 30.6. The zero-order valence-corrected chi connectivity index (χ0v) is 13.7. The first-order valence-corrected chi connectivity index (χ1v) is 8.08. The zero-order valence-electron chi connectivity index (χ0n) is 13.7. The molecule has 0 spiro atoms. The number of aromatic nitrogens is 1. The van der Waals surface area contributed by atoms with Crippen molar-refractivity contribution in [1.29, 1.82) is 0 Å². The maximum Gasteiger partial charge on any atom is 0.227 e. The number of nitrogens with one attached hydrogen (secondary N) is 1. The van der Waals surface area contributed by atoms with Gasteiger partial charge in [0.25, 0.3) is 0 Å². The molecule has 1 atom stereocenters. The molecule has 1 aromatic carbocycles. The van der Waals surface area contributed by atoms with Crippen LogP contribution in [0.5, 0.6) is 0 Å². The Morgan fingerprint density at radius 3 is 3.08 bits per heavy atom. The van der Waals surface area contributed by atoms with Crippen molar-refractivity contribution < 1.29 is 18.4 Å². The van der Waals surface area contributed by atoms with Gasteiger partial charge in [0.05, 0.1) is 18.7 Å². The molecule has 0 bridgehead atoms. The lowest BCUT2D eigenvalue weighted by atomic mass is 10.1. The molecule has 1 aliphatic heterocycles. The van der Waals surface area contributed by atoms with E-state index in [2.05, 4.69) is 10.3 Å². The number of hydrogen-bond donors (Lipinski definition) is 1. The molecule has 2 amide bonds. The van der Waals surface area contributed by atoms with Gasteiger partial charge in [0, 0.05) is 25.6 Å². The molecule has 3 aromatic rings. The molecule has 1 aliphatic rings. The predicted molar refractivity (Wildman–Crippen MR) is 89.8 cm³/mol. The lowest BCUT2D eigenvalue weighted by Gasteiger charge is -2.16. The van der Waals surface area contributed by atoms with Crippen molar-refractivity contribution in [2.75, 3.05) is 11.4 Å². The highest BCUT2D eigenvalue weighted by molar-refractivity contribution is 6.01. The van der Waals surface area contributed by atoms with E-state index in [9.17, 15) is 9.59 Å². The van der Waals surface area contributed by atoms with Crippen LogP contribution in [0.2, 0.25) is 0 Å². The molecular weight excluding hydrogens is 322 g/mol. The Morgan fingerprint density at radius 1 is 1.40 bits per heavy atom. The van der Waals surface area contributed by atoms with E-state index in [0.717, 1.165) is 5.69 Å². The van der Waals surface area contributed by atoms with E-state index in [1.54, 1.807) is 36.3 Å². The van der Waals surface area contributed by atoms with Gasteiger partial charge in [0.2, 0.25) is 11.8 Å². The number of furan rings is 1. The standard InChI is InChI=1S/C18H17N3O4/c1-11-20-15-8-13(4-5-16(15)25-11)21-10-12(7-17(21)22)18(23)19-9-14-3-2-6-24-14/h2-6,8,12H,7,9-10H2,1H3,(H,19,23)/t12-/m1/s1. The number of nitrogens with zero attached hydrogens (tertiary/aromatic N) is 2. The minimum Gasteiger partial charge on any atom is -0.467 e. The van der Waals surface area contributed by atoms with Crippen molar-refractivity contribution in [3.63, 3.8) is 0 Å². The molecule has 2 aromatic heterocycles. The number of carbonyl (C=O) groups excluding carboxylic acids is 2. The van der Waals surface area contributed by atoms with Crippen LogP contribution in [-0.4, -0.2) is 23.3 Å². The van der Waals surface area contributed by atoms with Gasteiger partial charge in [-0.15, -0.1) is 0 Å². The summed E-state index contributed by atoms with van der Waals surface area (Å²) in [6.45, 7) is 2.45. The van der Waals surface area contributed by atoms with Gasteiger partial charge >= 0.3 is 0 Å². The SMILES string of the molecule is Cc1nc2cc(N3C[C@H](C(=O)NCc4ccco4)CC3=O)ccc2o1. The third-order valence-corrected chi connectivity index (χ3v) is 4.30. The number of oxazole rings is 1. The fraction of sp³-hybridized carbons (Fsp3) is 0.278. The maximum atomic E-state index is 12.3. The Morgan fingerprint density at radius 2 is 2.28 bits per heavy atom. The Bertz CT molecular complexity index is 929. The molecule has 0 saturated carbocycles. The lowest BCUT2D eigenvalue weighted by Crippen LogP contribution is -2.32. The minimum absolute atomic E-state index is 0.0716. The van der Waals surface area contributed by atoms with Crippen LogP contribution >= 0.6 is 0 Å². The van der Waals surface area contributed by atoms with Gasteiger partial charge in [-0.3, -0.25) is 9.59 Å². The number of benzene rings is 1. The Labute approximate surface area is 143 Å². The van der Waals surface area contributed by atoms with Crippen molar-refractivity contribution in [2.24, 2.45) is 5.92 Å². The first kappa shape index (κ1) is 15.4. The third kappa shape index (κ3) is 3.00. The molecule has 25 heavy (non-hydrogen) atoms. The van der Waals surface area contributed by atoms with E-state index >= 15 is 0 Å². The van der Waals surface area contributed by atoms with E-state index < -0.39 is 0 Å². The summed E-state index contributed by atoms with van der Waals surface area (Å²) in [6.07, 6.45) is 1.75. The first-order valence-electron chi connectivity index (χ1n) is 8.08. The van der Waals surface area contributed by atoms with Gasteiger partial charge in [-0.05, 0) is 30.3 Å². The van der Waals surface area contributed by atoms with Gasteiger partial charge in [0.1, 0.15) is 11.3 Å². The van der Waals surface area contributed by atoms with E-state index in [0.29, 0.717) is 35.8 Å². The predicted octanol–water partition coefficient (Wildman–Crippen LogP) is 2.40. The molecule has 3 heterocycles. The van der Waals surface area contributed by atoms with Gasteiger partial charge in [-0.25, -0.2) is 4.98 Å². The van der Waals surface area contributed by atoms with Crippen molar-refractivity contribution >= 4 is 28.6 Å². The van der Waals surface area contributed by atoms with Gasteiger partial charge in [0.15, 0.2) is 11.5 Å². The third-order valence-electron chi connectivity index (χ3n) is 4.30.